The van der Waals surface area contributed by atoms with Gasteiger partial charge in [0.15, 0.2) is 0 Å². The van der Waals surface area contributed by atoms with Crippen molar-refractivity contribution in [1.82, 2.24) is 9.13 Å². The predicted octanol–water partition coefficient (Wildman–Crippen LogP) is -0.717. The zero-order chi connectivity index (χ0) is 18.0. The first-order valence-electron chi connectivity index (χ1n) is 8.72. The molecule has 1 aliphatic rings. The van der Waals surface area contributed by atoms with Crippen molar-refractivity contribution in [3.8, 4) is 0 Å². The number of nitrogen functional groups attached to an aromatic ring is 1. The van der Waals surface area contributed by atoms with E-state index in [1.165, 1.54) is 22.9 Å². The number of nitrogens with one attached hydrogen (secondary N) is 1. The van der Waals surface area contributed by atoms with Crippen LogP contribution in [0.15, 0.2) is 9.59 Å². The molecule has 1 aromatic heterocycles. The summed E-state index contributed by atoms with van der Waals surface area (Å²) in [6.07, 6.45) is 1.87. The minimum atomic E-state index is -0.590. The average molecular weight is 337 g/mol. The van der Waals surface area contributed by atoms with E-state index in [2.05, 4.69) is 13.8 Å². The first kappa shape index (κ1) is 18.4. The van der Waals surface area contributed by atoms with Gasteiger partial charge in [-0.2, -0.15) is 0 Å². The standard InChI is InChI=1S/C17H28N4O3/c1-5-6-21-15(18)14(16(23)19(4)17(21)24)13(22)10-20-8-11(2)7-12(3)9-20/h11-12H,5-10,18H2,1-4H3/p+1/t11-,12-/m1/s1. The van der Waals surface area contributed by atoms with Crippen LogP contribution in [0.25, 0.3) is 0 Å². The normalized spacial score (nSPS) is 24.1. The van der Waals surface area contributed by atoms with Crippen molar-refractivity contribution in [2.45, 2.75) is 40.2 Å². The SMILES string of the molecule is CCCn1c(N)c(C(=O)C[NH+]2C[C@H](C)C[C@@H](C)C2)c(=O)n(C)c1=O. The van der Waals surface area contributed by atoms with Crippen LogP contribution in [-0.4, -0.2) is 34.6 Å². The molecule has 0 saturated carbocycles. The molecule has 2 rings (SSSR count). The molecule has 2 atom stereocenters. The second kappa shape index (κ2) is 7.34. The lowest BCUT2D eigenvalue weighted by Gasteiger charge is -2.31. The minimum Gasteiger partial charge on any atom is -0.384 e. The number of nitrogens with zero attached hydrogens (tertiary/aromatic N) is 2. The van der Waals surface area contributed by atoms with Crippen molar-refractivity contribution >= 4 is 11.6 Å². The Balaban J connectivity index is 2.35. The largest absolute Gasteiger partial charge is 0.384 e. The number of carbonyl (C=O) groups is 1. The molecule has 134 valence electrons. The lowest BCUT2D eigenvalue weighted by molar-refractivity contribution is -0.903. The molecule has 7 nitrogen and oxygen atoms in total. The first-order valence-corrected chi connectivity index (χ1v) is 8.72. The van der Waals surface area contributed by atoms with Crippen molar-refractivity contribution < 1.29 is 9.69 Å². The van der Waals surface area contributed by atoms with Gasteiger partial charge in [-0.25, -0.2) is 4.79 Å². The number of rotatable bonds is 5. The second-order valence-electron chi connectivity index (χ2n) is 7.26. The van der Waals surface area contributed by atoms with Crippen LogP contribution >= 0.6 is 0 Å². The molecule has 0 unspecified atom stereocenters. The quantitative estimate of drug-likeness (QED) is 0.694. The van der Waals surface area contributed by atoms with Crippen LogP contribution < -0.4 is 21.9 Å². The lowest BCUT2D eigenvalue weighted by atomic mass is 9.91. The summed E-state index contributed by atoms with van der Waals surface area (Å²) in [5.74, 6) is 0.859. The van der Waals surface area contributed by atoms with Gasteiger partial charge in [-0.3, -0.25) is 18.7 Å². The number of Topliss-reactive ketones (excluding diaryl/α,β-unsaturated/α-hetero) is 1. The molecule has 0 amide bonds. The molecule has 7 heteroatoms. The fourth-order valence-electron chi connectivity index (χ4n) is 3.87. The molecule has 3 N–H and O–H groups in total. The molecule has 1 saturated heterocycles. The first-order chi connectivity index (χ1) is 11.3. The number of hydrogen-bond acceptors (Lipinski definition) is 4. The number of hydrogen-bond donors (Lipinski definition) is 2. The number of piperidine rings is 1. The highest BCUT2D eigenvalue weighted by Gasteiger charge is 2.29. The third-order valence-electron chi connectivity index (χ3n) is 4.80. The van der Waals surface area contributed by atoms with E-state index in [-0.39, 0.29) is 23.7 Å². The Hall–Kier alpha value is -1.89. The molecule has 0 aromatic carbocycles. The predicted molar refractivity (Wildman–Crippen MR) is 93.5 cm³/mol. The number of likely N-dealkylation sites (tertiary alicyclic amines) is 1. The van der Waals surface area contributed by atoms with Gasteiger partial charge in [0.05, 0.1) is 13.1 Å². The summed E-state index contributed by atoms with van der Waals surface area (Å²) < 4.78 is 2.31. The Morgan fingerprint density at radius 1 is 1.25 bits per heavy atom. The van der Waals surface area contributed by atoms with Gasteiger partial charge in [0.25, 0.3) is 5.56 Å². The third kappa shape index (κ3) is 3.61. The van der Waals surface area contributed by atoms with Gasteiger partial charge >= 0.3 is 5.69 Å². The van der Waals surface area contributed by atoms with Crippen molar-refractivity contribution in [1.29, 1.82) is 0 Å². The Bertz CT molecular complexity index is 725. The monoisotopic (exact) mass is 337 g/mol. The molecule has 0 radical (unpaired) electrons. The van der Waals surface area contributed by atoms with Gasteiger partial charge in [0, 0.05) is 25.4 Å². The van der Waals surface area contributed by atoms with Crippen LogP contribution in [0.5, 0.6) is 0 Å². The maximum absolute atomic E-state index is 12.8. The Kier molecular flexibility index (Phi) is 5.64. The van der Waals surface area contributed by atoms with Crippen LogP contribution in [0.3, 0.4) is 0 Å². The third-order valence-corrected chi connectivity index (χ3v) is 4.80. The zero-order valence-corrected chi connectivity index (χ0v) is 15.1. The summed E-state index contributed by atoms with van der Waals surface area (Å²) in [6.45, 7) is 8.78. The van der Waals surface area contributed by atoms with Crippen molar-refractivity contribution in [3.05, 3.63) is 26.4 Å². The molecule has 0 bridgehead atoms. The summed E-state index contributed by atoms with van der Waals surface area (Å²) in [5, 5.41) is 0. The van der Waals surface area contributed by atoms with E-state index >= 15 is 0 Å². The number of aromatic nitrogens is 2. The van der Waals surface area contributed by atoms with Crippen LogP contribution in [0, 0.1) is 11.8 Å². The van der Waals surface area contributed by atoms with Gasteiger partial charge in [-0.15, -0.1) is 0 Å². The van der Waals surface area contributed by atoms with Gasteiger partial charge < -0.3 is 10.6 Å². The summed E-state index contributed by atoms with van der Waals surface area (Å²) in [4.78, 5) is 38.5. The van der Waals surface area contributed by atoms with E-state index in [4.69, 9.17) is 5.73 Å². The maximum Gasteiger partial charge on any atom is 0.332 e. The van der Waals surface area contributed by atoms with Crippen molar-refractivity contribution in [3.63, 3.8) is 0 Å². The highest BCUT2D eigenvalue weighted by molar-refractivity contribution is 6.00. The highest BCUT2D eigenvalue weighted by Crippen LogP contribution is 2.12. The van der Waals surface area contributed by atoms with Crippen molar-refractivity contribution in [2.24, 2.45) is 18.9 Å². The van der Waals surface area contributed by atoms with Gasteiger partial charge in [0.1, 0.15) is 17.9 Å². The molecule has 1 fully saturated rings. The van der Waals surface area contributed by atoms with E-state index in [1.807, 2.05) is 6.92 Å². The summed E-state index contributed by atoms with van der Waals surface area (Å²) >= 11 is 0. The zero-order valence-electron chi connectivity index (χ0n) is 15.1. The lowest BCUT2D eigenvalue weighted by Crippen LogP contribution is -3.15. The summed E-state index contributed by atoms with van der Waals surface area (Å²) in [5.41, 5.74) is 4.92. The van der Waals surface area contributed by atoms with Crippen LogP contribution in [-0.2, 0) is 13.6 Å². The second-order valence-corrected chi connectivity index (χ2v) is 7.26. The smallest absolute Gasteiger partial charge is 0.332 e. The number of anilines is 1. The number of nitrogens with two attached hydrogens (primary N) is 1. The van der Waals surface area contributed by atoms with Gasteiger partial charge in [-0.1, -0.05) is 20.8 Å². The van der Waals surface area contributed by atoms with Crippen molar-refractivity contribution in [2.75, 3.05) is 25.4 Å². The number of quaternary nitrogens is 1. The highest BCUT2D eigenvalue weighted by atomic mass is 16.2. The summed E-state index contributed by atoms with van der Waals surface area (Å²) in [6, 6.07) is 0. The van der Waals surface area contributed by atoms with E-state index in [9.17, 15) is 14.4 Å². The van der Waals surface area contributed by atoms with E-state index < -0.39 is 11.2 Å². The van der Waals surface area contributed by atoms with Crippen LogP contribution in [0.1, 0.15) is 44.0 Å². The van der Waals surface area contributed by atoms with E-state index in [0.29, 0.717) is 24.8 Å². The fourth-order valence-corrected chi connectivity index (χ4v) is 3.87. The topological polar surface area (TPSA) is 91.5 Å². The Morgan fingerprint density at radius 3 is 2.38 bits per heavy atom. The van der Waals surface area contributed by atoms with Gasteiger partial charge in [-0.05, 0) is 12.8 Å². The molecule has 0 aliphatic carbocycles. The Labute approximate surface area is 142 Å². The summed E-state index contributed by atoms with van der Waals surface area (Å²) in [7, 11) is 1.39. The Morgan fingerprint density at radius 2 is 1.83 bits per heavy atom. The molecule has 0 spiro atoms. The fraction of sp³-hybridized carbons (Fsp3) is 0.706. The van der Waals surface area contributed by atoms with Crippen LogP contribution in [0.2, 0.25) is 0 Å². The molecular formula is C17H29N4O3+. The molecule has 1 aromatic rings. The molecule has 1 aliphatic heterocycles. The van der Waals surface area contributed by atoms with Crippen LogP contribution in [0.4, 0.5) is 5.82 Å². The number of carbonyl (C=O) groups excluding carboxylic acids is 1. The van der Waals surface area contributed by atoms with Gasteiger partial charge in [0.2, 0.25) is 5.78 Å². The van der Waals surface area contributed by atoms with E-state index in [1.54, 1.807) is 0 Å². The molecular weight excluding hydrogens is 308 g/mol. The number of ketones is 1. The minimum absolute atomic E-state index is 0.00690. The maximum atomic E-state index is 12.8. The average Bonchev–Trinajstić information content (AvgIpc) is 2.48. The molecule has 24 heavy (non-hydrogen) atoms. The molecule has 2 heterocycles. The van der Waals surface area contributed by atoms with E-state index in [0.717, 1.165) is 17.7 Å².